The van der Waals surface area contributed by atoms with Crippen LogP contribution in [0.2, 0.25) is 0 Å². The first kappa shape index (κ1) is 10.7. The second-order valence-electron chi connectivity index (χ2n) is 2.52. The van der Waals surface area contributed by atoms with Crippen LogP contribution in [0.5, 0.6) is 0 Å². The molecule has 0 fully saturated rings. The summed E-state index contributed by atoms with van der Waals surface area (Å²) in [6.45, 7) is 0.220. The molecule has 3 amide bonds. The molecule has 6 nitrogen and oxygen atoms in total. The number of carbonyl (C=O) groups excluding carboxylic acids is 2. The van der Waals surface area contributed by atoms with Crippen LogP contribution in [-0.4, -0.2) is 42.6 Å². The Bertz CT molecular complexity index is 180. The van der Waals surface area contributed by atoms with Crippen LogP contribution in [0, 0.1) is 0 Å². The highest BCUT2D eigenvalue weighted by atomic mass is 16.2. The number of hydrazine groups is 1. The Morgan fingerprint density at radius 3 is 2.00 bits per heavy atom. The first-order valence-electron chi connectivity index (χ1n) is 3.47. The van der Waals surface area contributed by atoms with Crippen molar-refractivity contribution >= 4 is 11.9 Å². The van der Waals surface area contributed by atoms with E-state index < -0.39 is 11.9 Å². The number of nitrogens with zero attached hydrogens (tertiary/aromatic N) is 2. The number of carbonyl (C=O) groups is 2. The molecule has 0 spiro atoms. The van der Waals surface area contributed by atoms with Gasteiger partial charge < -0.3 is 11.5 Å². The summed E-state index contributed by atoms with van der Waals surface area (Å²) in [5, 5.41) is 2.73. The molecular formula is C6H14N4O2. The second kappa shape index (κ2) is 4.55. The van der Waals surface area contributed by atoms with Crippen LogP contribution in [-0.2, 0) is 4.79 Å². The Kier molecular flexibility index (Phi) is 4.06. The van der Waals surface area contributed by atoms with Crippen molar-refractivity contribution in [1.29, 1.82) is 0 Å². The summed E-state index contributed by atoms with van der Waals surface area (Å²) in [7, 11) is 3.32. The van der Waals surface area contributed by atoms with Gasteiger partial charge in [0.25, 0.3) is 0 Å². The van der Waals surface area contributed by atoms with Crippen LogP contribution < -0.4 is 11.5 Å². The number of hydrogen-bond acceptors (Lipinski definition) is 3. The highest BCUT2D eigenvalue weighted by Crippen LogP contribution is 1.92. The lowest BCUT2D eigenvalue weighted by molar-refractivity contribution is -0.118. The van der Waals surface area contributed by atoms with Crippen LogP contribution in [0.3, 0.4) is 0 Å². The molecule has 0 radical (unpaired) electrons. The summed E-state index contributed by atoms with van der Waals surface area (Å²) < 4.78 is 0. The summed E-state index contributed by atoms with van der Waals surface area (Å²) in [4.78, 5) is 21.1. The maximum Gasteiger partial charge on any atom is 0.329 e. The molecule has 0 saturated heterocycles. The zero-order valence-corrected chi connectivity index (χ0v) is 7.28. The Morgan fingerprint density at radius 2 is 1.75 bits per heavy atom. The maximum absolute atomic E-state index is 10.7. The number of nitrogens with two attached hydrogens (primary N) is 2. The Labute approximate surface area is 71.1 Å². The van der Waals surface area contributed by atoms with Gasteiger partial charge in [-0.15, -0.1) is 0 Å². The molecule has 12 heavy (non-hydrogen) atoms. The van der Waals surface area contributed by atoms with Gasteiger partial charge >= 0.3 is 6.03 Å². The monoisotopic (exact) mass is 174 g/mol. The molecule has 6 heteroatoms. The SMILES string of the molecule is CN(C)N(CCC(N)=O)C(N)=O. The van der Waals surface area contributed by atoms with Gasteiger partial charge in [-0.1, -0.05) is 0 Å². The zero-order valence-electron chi connectivity index (χ0n) is 7.28. The molecule has 0 heterocycles. The quantitative estimate of drug-likeness (QED) is 0.520. The van der Waals surface area contributed by atoms with Crippen LogP contribution in [0.1, 0.15) is 6.42 Å². The minimum Gasteiger partial charge on any atom is -0.370 e. The molecule has 0 saturated carbocycles. The third kappa shape index (κ3) is 3.77. The number of hydrogen-bond donors (Lipinski definition) is 2. The summed E-state index contributed by atoms with van der Waals surface area (Å²) in [6.07, 6.45) is 0.112. The van der Waals surface area contributed by atoms with Crippen LogP contribution in [0.15, 0.2) is 0 Å². The largest absolute Gasteiger partial charge is 0.370 e. The summed E-state index contributed by atoms with van der Waals surface area (Å²) in [5.41, 5.74) is 9.92. The molecular weight excluding hydrogens is 160 g/mol. The van der Waals surface area contributed by atoms with E-state index in [9.17, 15) is 9.59 Å². The average molecular weight is 174 g/mol. The van der Waals surface area contributed by atoms with E-state index in [1.54, 1.807) is 14.1 Å². The number of rotatable bonds is 4. The molecule has 0 aromatic heterocycles. The molecule has 0 aromatic rings. The molecule has 0 bridgehead atoms. The van der Waals surface area contributed by atoms with Gasteiger partial charge in [-0.3, -0.25) is 9.80 Å². The highest BCUT2D eigenvalue weighted by molar-refractivity contribution is 5.75. The molecule has 0 aliphatic heterocycles. The van der Waals surface area contributed by atoms with Gasteiger partial charge in [0.05, 0.1) is 0 Å². The average Bonchev–Trinajstić information content (AvgIpc) is 1.84. The molecule has 0 rings (SSSR count). The Morgan fingerprint density at radius 1 is 1.25 bits per heavy atom. The van der Waals surface area contributed by atoms with Gasteiger partial charge in [-0.2, -0.15) is 0 Å². The highest BCUT2D eigenvalue weighted by Gasteiger charge is 2.12. The van der Waals surface area contributed by atoms with Crippen molar-refractivity contribution in [2.24, 2.45) is 11.5 Å². The first-order chi connectivity index (χ1) is 5.45. The zero-order chi connectivity index (χ0) is 9.72. The Balaban J connectivity index is 3.97. The standard InChI is InChI=1S/C6H14N4O2/c1-9(2)10(6(8)12)4-3-5(7)11/h3-4H2,1-2H3,(H2,7,11)(H2,8,12). The second-order valence-corrected chi connectivity index (χ2v) is 2.52. The van der Waals surface area contributed by atoms with Crippen molar-refractivity contribution in [1.82, 2.24) is 10.0 Å². The lowest BCUT2D eigenvalue weighted by Crippen LogP contribution is -2.46. The predicted molar refractivity (Wildman–Crippen MR) is 43.8 cm³/mol. The van der Waals surface area contributed by atoms with Crippen LogP contribution in [0.4, 0.5) is 4.79 Å². The van der Waals surface area contributed by atoms with E-state index in [4.69, 9.17) is 11.5 Å². The maximum atomic E-state index is 10.7. The summed E-state index contributed by atoms with van der Waals surface area (Å²) >= 11 is 0. The van der Waals surface area contributed by atoms with Crippen molar-refractivity contribution in [3.05, 3.63) is 0 Å². The van der Waals surface area contributed by atoms with E-state index in [2.05, 4.69) is 0 Å². The minimum absolute atomic E-state index is 0.112. The predicted octanol–water partition coefficient (Wildman–Crippen LogP) is -1.28. The van der Waals surface area contributed by atoms with Gasteiger partial charge in [-0.05, 0) is 0 Å². The molecule has 0 aliphatic rings. The fourth-order valence-corrected chi connectivity index (χ4v) is 0.723. The topological polar surface area (TPSA) is 92.7 Å². The molecule has 0 aliphatic carbocycles. The summed E-state index contributed by atoms with van der Waals surface area (Å²) in [5.74, 6) is -0.455. The van der Waals surface area contributed by atoms with Crippen molar-refractivity contribution in [3.8, 4) is 0 Å². The number of primary amides is 2. The lowest BCUT2D eigenvalue weighted by atomic mass is 10.4. The van der Waals surface area contributed by atoms with Gasteiger partial charge in [0, 0.05) is 27.1 Å². The van der Waals surface area contributed by atoms with E-state index in [1.807, 2.05) is 0 Å². The fraction of sp³-hybridized carbons (Fsp3) is 0.667. The van der Waals surface area contributed by atoms with E-state index in [0.717, 1.165) is 0 Å². The van der Waals surface area contributed by atoms with Crippen molar-refractivity contribution in [2.75, 3.05) is 20.6 Å². The van der Waals surface area contributed by atoms with E-state index in [0.29, 0.717) is 0 Å². The van der Waals surface area contributed by atoms with Gasteiger partial charge in [0.2, 0.25) is 5.91 Å². The molecule has 70 valence electrons. The van der Waals surface area contributed by atoms with Crippen molar-refractivity contribution < 1.29 is 9.59 Å². The minimum atomic E-state index is -0.596. The van der Waals surface area contributed by atoms with Gasteiger partial charge in [0.15, 0.2) is 0 Å². The third-order valence-corrected chi connectivity index (χ3v) is 1.31. The fourth-order valence-electron chi connectivity index (χ4n) is 0.723. The van der Waals surface area contributed by atoms with E-state index >= 15 is 0 Å². The van der Waals surface area contributed by atoms with Crippen LogP contribution in [0.25, 0.3) is 0 Å². The smallest absolute Gasteiger partial charge is 0.329 e. The van der Waals surface area contributed by atoms with E-state index in [1.165, 1.54) is 10.0 Å². The Hall–Kier alpha value is -1.30. The van der Waals surface area contributed by atoms with E-state index in [-0.39, 0.29) is 13.0 Å². The summed E-state index contributed by atoms with van der Waals surface area (Å²) in [6, 6.07) is -0.596. The van der Waals surface area contributed by atoms with Gasteiger partial charge in [-0.25, -0.2) is 9.80 Å². The molecule has 0 unspecified atom stereocenters. The number of amides is 3. The van der Waals surface area contributed by atoms with Crippen molar-refractivity contribution in [3.63, 3.8) is 0 Å². The molecule has 0 aromatic carbocycles. The number of urea groups is 1. The van der Waals surface area contributed by atoms with Crippen LogP contribution >= 0.6 is 0 Å². The molecule has 4 N–H and O–H groups in total. The lowest BCUT2D eigenvalue weighted by Gasteiger charge is -2.26. The molecule has 0 atom stereocenters. The first-order valence-corrected chi connectivity index (χ1v) is 3.47. The third-order valence-electron chi connectivity index (χ3n) is 1.31. The van der Waals surface area contributed by atoms with Crippen molar-refractivity contribution in [2.45, 2.75) is 6.42 Å². The normalized spacial score (nSPS) is 9.92. The van der Waals surface area contributed by atoms with Gasteiger partial charge in [0.1, 0.15) is 0 Å².